The molecule has 1 aromatic rings. The van der Waals surface area contributed by atoms with Crippen LogP contribution in [0.2, 0.25) is 0 Å². The summed E-state index contributed by atoms with van der Waals surface area (Å²) in [6.07, 6.45) is 4.37. The van der Waals surface area contributed by atoms with Gasteiger partial charge in [-0.3, -0.25) is 9.78 Å². The Hall–Kier alpha value is -1.38. The molecule has 0 aromatic carbocycles. The van der Waals surface area contributed by atoms with E-state index in [1.807, 2.05) is 12.1 Å². The number of hydrogen-bond acceptors (Lipinski definition) is 2. The minimum atomic E-state index is 0.0266. The highest BCUT2D eigenvalue weighted by molar-refractivity contribution is 5.85. The highest BCUT2D eigenvalue weighted by atomic mass is 16.2. The average molecular weight is 162 g/mol. The number of nitrogens with zero attached hydrogens (tertiary/aromatic N) is 1. The first-order valence-electron chi connectivity index (χ1n) is 4.05. The molecule has 2 heterocycles. The maximum absolute atomic E-state index is 11.2. The number of pyridine rings is 1. The van der Waals surface area contributed by atoms with E-state index in [1.165, 1.54) is 0 Å². The fraction of sp³-hybridized carbons (Fsp3) is 0.333. The molecule has 0 aliphatic carbocycles. The van der Waals surface area contributed by atoms with Crippen LogP contribution in [0.3, 0.4) is 0 Å². The highest BCUT2D eigenvalue weighted by Gasteiger charge is 2.25. The smallest absolute Gasteiger partial charge is 0.227 e. The minimum Gasteiger partial charge on any atom is -0.356 e. The summed E-state index contributed by atoms with van der Waals surface area (Å²) >= 11 is 0. The molecule has 1 aliphatic heterocycles. The van der Waals surface area contributed by atoms with Crippen LogP contribution in [0.1, 0.15) is 17.9 Å². The topological polar surface area (TPSA) is 42.0 Å². The number of carbonyl (C=O) groups is 1. The van der Waals surface area contributed by atoms with Crippen molar-refractivity contribution in [2.75, 3.05) is 6.54 Å². The number of aromatic nitrogens is 1. The fourth-order valence-electron chi connectivity index (χ4n) is 1.49. The zero-order chi connectivity index (χ0) is 8.39. The van der Waals surface area contributed by atoms with Gasteiger partial charge in [-0.1, -0.05) is 6.07 Å². The summed E-state index contributed by atoms with van der Waals surface area (Å²) in [6, 6.07) is 3.81. The van der Waals surface area contributed by atoms with Crippen LogP contribution in [0.5, 0.6) is 0 Å². The molecular weight excluding hydrogens is 152 g/mol. The van der Waals surface area contributed by atoms with Gasteiger partial charge in [-0.2, -0.15) is 0 Å². The molecule has 0 radical (unpaired) electrons. The van der Waals surface area contributed by atoms with E-state index >= 15 is 0 Å². The van der Waals surface area contributed by atoms with Gasteiger partial charge >= 0.3 is 0 Å². The molecule has 2 rings (SSSR count). The Labute approximate surface area is 70.8 Å². The molecule has 3 nitrogen and oxygen atoms in total. The van der Waals surface area contributed by atoms with Crippen LogP contribution in [0, 0.1) is 0 Å². The van der Waals surface area contributed by atoms with Gasteiger partial charge in [-0.15, -0.1) is 0 Å². The Morgan fingerprint density at radius 3 is 3.08 bits per heavy atom. The van der Waals surface area contributed by atoms with Gasteiger partial charge in [0.1, 0.15) is 0 Å². The van der Waals surface area contributed by atoms with Crippen molar-refractivity contribution in [3.63, 3.8) is 0 Å². The second-order valence-electron chi connectivity index (χ2n) is 2.92. The van der Waals surface area contributed by atoms with Crippen LogP contribution < -0.4 is 5.32 Å². The normalized spacial score (nSPS) is 22.3. The second-order valence-corrected chi connectivity index (χ2v) is 2.92. The Balaban J connectivity index is 2.25. The summed E-state index contributed by atoms with van der Waals surface area (Å²) in [6.45, 7) is 0.790. The Morgan fingerprint density at radius 2 is 2.50 bits per heavy atom. The molecule has 1 saturated heterocycles. The van der Waals surface area contributed by atoms with E-state index in [1.54, 1.807) is 12.4 Å². The largest absolute Gasteiger partial charge is 0.356 e. The van der Waals surface area contributed by atoms with E-state index in [-0.39, 0.29) is 11.8 Å². The highest BCUT2D eigenvalue weighted by Crippen LogP contribution is 2.21. The number of carbonyl (C=O) groups excluding carboxylic acids is 1. The second kappa shape index (κ2) is 2.93. The van der Waals surface area contributed by atoms with Gasteiger partial charge in [0.05, 0.1) is 5.92 Å². The number of nitrogens with one attached hydrogen (secondary N) is 1. The third kappa shape index (κ3) is 1.18. The molecule has 1 N–H and O–H groups in total. The van der Waals surface area contributed by atoms with Crippen molar-refractivity contribution in [3.8, 4) is 0 Å². The van der Waals surface area contributed by atoms with Crippen LogP contribution in [-0.4, -0.2) is 17.4 Å². The lowest BCUT2D eigenvalue weighted by atomic mass is 10.00. The van der Waals surface area contributed by atoms with Crippen molar-refractivity contribution >= 4 is 5.91 Å². The van der Waals surface area contributed by atoms with Crippen LogP contribution in [0.15, 0.2) is 24.5 Å². The predicted octanol–water partition coefficient (Wildman–Crippen LogP) is 0.685. The predicted molar refractivity (Wildman–Crippen MR) is 44.6 cm³/mol. The standard InChI is InChI=1S/C9H10N2O/c12-9-8(3-5-11-9)7-2-1-4-10-6-7/h1-2,4,6,8H,3,5H2,(H,11,12). The molecule has 1 fully saturated rings. The maximum atomic E-state index is 11.2. The van der Waals surface area contributed by atoms with Crippen molar-refractivity contribution in [1.29, 1.82) is 0 Å². The third-order valence-corrected chi connectivity index (χ3v) is 2.14. The van der Waals surface area contributed by atoms with E-state index < -0.39 is 0 Å². The SMILES string of the molecule is O=C1NCCC1c1cccnc1. The lowest BCUT2D eigenvalue weighted by Crippen LogP contribution is -2.17. The third-order valence-electron chi connectivity index (χ3n) is 2.14. The minimum absolute atomic E-state index is 0.0266. The lowest BCUT2D eigenvalue weighted by molar-refractivity contribution is -0.120. The molecule has 62 valence electrons. The molecule has 3 heteroatoms. The van der Waals surface area contributed by atoms with E-state index in [0.717, 1.165) is 18.5 Å². The molecule has 0 bridgehead atoms. The summed E-state index contributed by atoms with van der Waals surface area (Å²) in [5.41, 5.74) is 1.02. The summed E-state index contributed by atoms with van der Waals surface area (Å²) in [5.74, 6) is 0.154. The van der Waals surface area contributed by atoms with E-state index in [0.29, 0.717) is 0 Å². The van der Waals surface area contributed by atoms with Gasteiger partial charge in [0.15, 0.2) is 0 Å². The molecule has 1 amide bonds. The number of hydrogen-bond donors (Lipinski definition) is 1. The first-order valence-corrected chi connectivity index (χ1v) is 4.05. The first-order chi connectivity index (χ1) is 5.88. The van der Waals surface area contributed by atoms with Crippen LogP contribution in [-0.2, 0) is 4.79 Å². The molecular formula is C9H10N2O. The van der Waals surface area contributed by atoms with Gasteiger partial charge in [-0.25, -0.2) is 0 Å². The average Bonchev–Trinajstić information content (AvgIpc) is 2.53. The van der Waals surface area contributed by atoms with Crippen molar-refractivity contribution in [2.24, 2.45) is 0 Å². The van der Waals surface area contributed by atoms with Crippen LogP contribution in [0.25, 0.3) is 0 Å². The van der Waals surface area contributed by atoms with E-state index in [2.05, 4.69) is 10.3 Å². The summed E-state index contributed by atoms with van der Waals surface area (Å²) in [7, 11) is 0. The molecule has 0 spiro atoms. The Bertz CT molecular complexity index is 284. The van der Waals surface area contributed by atoms with Crippen molar-refractivity contribution in [2.45, 2.75) is 12.3 Å². The lowest BCUT2D eigenvalue weighted by Gasteiger charge is -2.04. The van der Waals surface area contributed by atoms with Gasteiger partial charge < -0.3 is 5.32 Å². The molecule has 1 atom stereocenters. The molecule has 12 heavy (non-hydrogen) atoms. The van der Waals surface area contributed by atoms with Crippen molar-refractivity contribution in [3.05, 3.63) is 30.1 Å². The maximum Gasteiger partial charge on any atom is 0.227 e. The van der Waals surface area contributed by atoms with Gasteiger partial charge in [-0.05, 0) is 18.1 Å². The first kappa shape index (κ1) is 7.28. The van der Waals surface area contributed by atoms with Crippen molar-refractivity contribution in [1.82, 2.24) is 10.3 Å². The van der Waals surface area contributed by atoms with Gasteiger partial charge in [0.25, 0.3) is 0 Å². The molecule has 0 saturated carbocycles. The summed E-state index contributed by atoms with van der Waals surface area (Å²) < 4.78 is 0. The summed E-state index contributed by atoms with van der Waals surface area (Å²) in [5, 5.41) is 2.80. The monoisotopic (exact) mass is 162 g/mol. The van der Waals surface area contributed by atoms with Gasteiger partial charge in [0.2, 0.25) is 5.91 Å². The van der Waals surface area contributed by atoms with E-state index in [9.17, 15) is 4.79 Å². The molecule has 1 aromatic heterocycles. The van der Waals surface area contributed by atoms with Crippen LogP contribution in [0.4, 0.5) is 0 Å². The van der Waals surface area contributed by atoms with Crippen molar-refractivity contribution < 1.29 is 4.79 Å². The molecule has 1 unspecified atom stereocenters. The summed E-state index contributed by atoms with van der Waals surface area (Å²) in [4.78, 5) is 15.2. The van der Waals surface area contributed by atoms with Crippen LogP contribution >= 0.6 is 0 Å². The number of rotatable bonds is 1. The number of amides is 1. The quantitative estimate of drug-likeness (QED) is 0.660. The Morgan fingerprint density at radius 1 is 1.58 bits per heavy atom. The zero-order valence-electron chi connectivity index (χ0n) is 6.66. The molecule has 1 aliphatic rings. The fourth-order valence-corrected chi connectivity index (χ4v) is 1.49. The Kier molecular flexibility index (Phi) is 1.78. The van der Waals surface area contributed by atoms with Gasteiger partial charge in [0, 0.05) is 18.9 Å². The van der Waals surface area contributed by atoms with E-state index in [4.69, 9.17) is 0 Å². The zero-order valence-corrected chi connectivity index (χ0v) is 6.66.